The maximum Gasteiger partial charge on any atom is 0.238 e. The smallest absolute Gasteiger partial charge is 0.238 e. The van der Waals surface area contributed by atoms with E-state index in [9.17, 15) is 0 Å². The molecule has 0 aliphatic carbocycles. The van der Waals surface area contributed by atoms with Crippen LogP contribution in [0.3, 0.4) is 0 Å². The van der Waals surface area contributed by atoms with E-state index in [1.54, 1.807) is 0 Å². The quantitative estimate of drug-likeness (QED) is 0.744. The van der Waals surface area contributed by atoms with Gasteiger partial charge in [-0.15, -0.1) is 0 Å². The monoisotopic (exact) mass is 233 g/mol. The molecule has 0 amide bonds. The van der Waals surface area contributed by atoms with Gasteiger partial charge in [-0.25, -0.2) is 0 Å². The molecule has 2 heterocycles. The van der Waals surface area contributed by atoms with Crippen LogP contribution in [0.4, 0.5) is 5.69 Å². The van der Waals surface area contributed by atoms with Crippen LogP contribution in [0.2, 0.25) is 0 Å². The number of benzene rings is 1. The fourth-order valence-electron chi connectivity index (χ4n) is 2.53. The fraction of sp³-hybridized carbons (Fsp3) is 0.571. The average molecular weight is 233 g/mol. The van der Waals surface area contributed by atoms with Gasteiger partial charge in [-0.2, -0.15) is 0 Å². The van der Waals surface area contributed by atoms with Gasteiger partial charge in [0, 0.05) is 31.8 Å². The van der Waals surface area contributed by atoms with Crippen molar-refractivity contribution >= 4 is 5.69 Å². The summed E-state index contributed by atoms with van der Waals surface area (Å²) in [6.45, 7) is 6.55. The number of piperidine rings is 1. The molecule has 92 valence electrons. The van der Waals surface area contributed by atoms with Gasteiger partial charge in [0.2, 0.25) is 6.29 Å². The van der Waals surface area contributed by atoms with E-state index in [1.165, 1.54) is 18.5 Å². The summed E-state index contributed by atoms with van der Waals surface area (Å²) in [5.74, 6) is 2.61. The Balaban J connectivity index is 1.78. The van der Waals surface area contributed by atoms with Crippen molar-refractivity contribution in [2.24, 2.45) is 5.92 Å². The van der Waals surface area contributed by atoms with Crippen LogP contribution < -0.4 is 14.4 Å². The van der Waals surface area contributed by atoms with Crippen molar-refractivity contribution < 1.29 is 9.47 Å². The van der Waals surface area contributed by atoms with Gasteiger partial charge in [-0.05, 0) is 30.9 Å². The van der Waals surface area contributed by atoms with E-state index in [2.05, 4.69) is 24.0 Å². The zero-order valence-corrected chi connectivity index (χ0v) is 10.5. The first kappa shape index (κ1) is 10.8. The Hall–Kier alpha value is -1.38. The van der Waals surface area contributed by atoms with Crippen LogP contribution >= 0.6 is 0 Å². The number of fused-ring (bicyclic) bond motifs is 1. The second kappa shape index (κ2) is 4.13. The van der Waals surface area contributed by atoms with Crippen LogP contribution in [0.1, 0.15) is 26.7 Å². The molecule has 1 fully saturated rings. The van der Waals surface area contributed by atoms with Crippen molar-refractivity contribution in [2.45, 2.75) is 33.0 Å². The van der Waals surface area contributed by atoms with Crippen LogP contribution in [0.15, 0.2) is 18.2 Å². The first-order valence-corrected chi connectivity index (χ1v) is 6.44. The molecule has 1 aromatic carbocycles. The van der Waals surface area contributed by atoms with Crippen molar-refractivity contribution in [1.29, 1.82) is 0 Å². The predicted molar refractivity (Wildman–Crippen MR) is 67.8 cm³/mol. The number of anilines is 1. The van der Waals surface area contributed by atoms with Crippen molar-refractivity contribution in [3.8, 4) is 11.5 Å². The summed E-state index contributed by atoms with van der Waals surface area (Å²) in [4.78, 5) is 2.44. The second-order valence-electron chi connectivity index (χ2n) is 5.10. The second-order valence-corrected chi connectivity index (χ2v) is 5.10. The van der Waals surface area contributed by atoms with Crippen LogP contribution in [0.25, 0.3) is 0 Å². The molecule has 0 radical (unpaired) electrons. The Morgan fingerprint density at radius 1 is 1.06 bits per heavy atom. The average Bonchev–Trinajstić information content (AvgIpc) is 2.69. The Morgan fingerprint density at radius 3 is 2.53 bits per heavy atom. The lowest BCUT2D eigenvalue weighted by Crippen LogP contribution is -2.32. The molecule has 0 bridgehead atoms. The molecule has 2 aliphatic rings. The topological polar surface area (TPSA) is 21.7 Å². The molecule has 17 heavy (non-hydrogen) atoms. The fourth-order valence-corrected chi connectivity index (χ4v) is 2.53. The molecule has 1 unspecified atom stereocenters. The van der Waals surface area contributed by atoms with Gasteiger partial charge in [0.1, 0.15) is 0 Å². The van der Waals surface area contributed by atoms with E-state index < -0.39 is 0 Å². The number of nitrogens with zero attached hydrogens (tertiary/aromatic N) is 1. The number of hydrogen-bond acceptors (Lipinski definition) is 3. The summed E-state index contributed by atoms with van der Waals surface area (Å²) in [7, 11) is 0. The molecular formula is C14H19NO2. The molecule has 3 nitrogen and oxygen atoms in total. The summed E-state index contributed by atoms with van der Waals surface area (Å²) < 4.78 is 11.1. The summed E-state index contributed by atoms with van der Waals surface area (Å²) in [5, 5.41) is 0. The normalized spacial score (nSPS) is 24.1. The highest BCUT2D eigenvalue weighted by Gasteiger charge is 2.22. The zero-order valence-electron chi connectivity index (χ0n) is 10.5. The van der Waals surface area contributed by atoms with Gasteiger partial charge >= 0.3 is 0 Å². The third kappa shape index (κ3) is 2.06. The van der Waals surface area contributed by atoms with Gasteiger partial charge in [-0.1, -0.05) is 6.92 Å². The van der Waals surface area contributed by atoms with Gasteiger partial charge in [0.25, 0.3) is 0 Å². The Kier molecular flexibility index (Phi) is 2.61. The molecule has 0 N–H and O–H groups in total. The van der Waals surface area contributed by atoms with Crippen LogP contribution in [0.5, 0.6) is 11.5 Å². The van der Waals surface area contributed by atoms with Gasteiger partial charge < -0.3 is 14.4 Å². The van der Waals surface area contributed by atoms with Gasteiger partial charge in [0.05, 0.1) is 0 Å². The predicted octanol–water partition coefficient (Wildman–Crippen LogP) is 3.04. The lowest BCUT2D eigenvalue weighted by Gasteiger charge is -2.32. The summed E-state index contributed by atoms with van der Waals surface area (Å²) >= 11 is 0. The van der Waals surface area contributed by atoms with E-state index in [4.69, 9.17) is 9.47 Å². The van der Waals surface area contributed by atoms with Crippen LogP contribution in [0, 0.1) is 5.92 Å². The minimum absolute atomic E-state index is 0.151. The molecule has 3 rings (SSSR count). The molecule has 3 heteroatoms. The number of hydrogen-bond donors (Lipinski definition) is 0. The van der Waals surface area contributed by atoms with Crippen molar-refractivity contribution in [3.05, 3.63) is 18.2 Å². The Labute approximate surface area is 102 Å². The molecular weight excluding hydrogens is 214 g/mol. The van der Waals surface area contributed by atoms with Gasteiger partial charge in [-0.3, -0.25) is 0 Å². The van der Waals surface area contributed by atoms with Crippen LogP contribution in [-0.2, 0) is 0 Å². The largest absolute Gasteiger partial charge is 0.451 e. The molecule has 1 aromatic rings. The van der Waals surface area contributed by atoms with Crippen LogP contribution in [-0.4, -0.2) is 19.4 Å². The van der Waals surface area contributed by atoms with E-state index in [0.29, 0.717) is 0 Å². The summed E-state index contributed by atoms with van der Waals surface area (Å²) in [5.41, 5.74) is 1.26. The maximum atomic E-state index is 5.61. The molecule has 1 saturated heterocycles. The summed E-state index contributed by atoms with van der Waals surface area (Å²) in [6, 6.07) is 6.26. The number of ether oxygens (including phenoxy) is 2. The minimum atomic E-state index is -0.151. The minimum Gasteiger partial charge on any atom is -0.451 e. The van der Waals surface area contributed by atoms with E-state index in [1.807, 2.05) is 13.0 Å². The Bertz CT molecular complexity index is 411. The highest BCUT2D eigenvalue weighted by atomic mass is 16.7. The molecule has 1 atom stereocenters. The van der Waals surface area contributed by atoms with Crippen molar-refractivity contribution in [2.75, 3.05) is 18.0 Å². The lowest BCUT2D eigenvalue weighted by molar-refractivity contribution is 0.0678. The third-order valence-electron chi connectivity index (χ3n) is 3.66. The first-order valence-electron chi connectivity index (χ1n) is 6.44. The maximum absolute atomic E-state index is 5.61. The highest BCUT2D eigenvalue weighted by Crippen LogP contribution is 2.38. The van der Waals surface area contributed by atoms with E-state index in [-0.39, 0.29) is 6.29 Å². The molecule has 0 spiro atoms. The molecule has 0 saturated carbocycles. The SMILES string of the molecule is CC1CCN(c2ccc3c(c2)OC(C)O3)CC1. The third-order valence-corrected chi connectivity index (χ3v) is 3.66. The molecule has 0 aromatic heterocycles. The van der Waals surface area contributed by atoms with E-state index in [0.717, 1.165) is 30.5 Å². The Morgan fingerprint density at radius 2 is 1.76 bits per heavy atom. The van der Waals surface area contributed by atoms with Crippen molar-refractivity contribution in [3.63, 3.8) is 0 Å². The summed E-state index contributed by atoms with van der Waals surface area (Å²) in [6.07, 6.45) is 2.41. The molecule has 2 aliphatic heterocycles. The highest BCUT2D eigenvalue weighted by molar-refractivity contribution is 5.57. The zero-order chi connectivity index (χ0) is 11.8. The standard InChI is InChI=1S/C14H19NO2/c1-10-5-7-15(8-6-10)12-3-4-13-14(9-12)17-11(2)16-13/h3-4,9-11H,5-8H2,1-2H3. The first-order chi connectivity index (χ1) is 8.22. The lowest BCUT2D eigenvalue weighted by atomic mass is 9.99. The number of rotatable bonds is 1. The van der Waals surface area contributed by atoms with Crippen molar-refractivity contribution in [1.82, 2.24) is 0 Å². The van der Waals surface area contributed by atoms with E-state index >= 15 is 0 Å². The van der Waals surface area contributed by atoms with Gasteiger partial charge in [0.15, 0.2) is 11.5 Å².